The molecule has 9 rings (SSSR count). The lowest BCUT2D eigenvalue weighted by Gasteiger charge is -2.35. The van der Waals surface area contributed by atoms with Crippen molar-refractivity contribution in [2.75, 3.05) is 42.5 Å². The van der Waals surface area contributed by atoms with Crippen LogP contribution in [0.1, 0.15) is 63.6 Å². The molecular formula is C39H35F2N9O4. The summed E-state index contributed by atoms with van der Waals surface area (Å²) in [6, 6.07) is 18.3. The van der Waals surface area contributed by atoms with Crippen molar-refractivity contribution < 1.29 is 28.0 Å². The summed E-state index contributed by atoms with van der Waals surface area (Å²) in [7, 11) is 0. The van der Waals surface area contributed by atoms with Gasteiger partial charge in [0.1, 0.15) is 35.0 Å². The number of rotatable bonds is 7. The van der Waals surface area contributed by atoms with Crippen LogP contribution in [0.4, 0.5) is 20.4 Å². The van der Waals surface area contributed by atoms with Crippen molar-refractivity contribution in [1.82, 2.24) is 34.7 Å². The SMILES string of the molecule is O=C1CCC(N2C(=O)c3ccc(CN4CCN(c5cccc(-c6cnc7ccc(N8CCC[C@@H]8c8cccc(F)c8)nn67)n5)CC4)c(F)c3C2=O)C(=O)N1. The van der Waals surface area contributed by atoms with E-state index in [1.54, 1.807) is 22.8 Å². The van der Waals surface area contributed by atoms with Gasteiger partial charge < -0.3 is 9.80 Å². The highest BCUT2D eigenvalue weighted by atomic mass is 19.1. The third-order valence-corrected chi connectivity index (χ3v) is 10.8. The summed E-state index contributed by atoms with van der Waals surface area (Å²) < 4.78 is 31.8. The predicted molar refractivity (Wildman–Crippen MR) is 193 cm³/mol. The Hall–Kier alpha value is -6.09. The first-order valence-corrected chi connectivity index (χ1v) is 18.1. The quantitative estimate of drug-likeness (QED) is 0.244. The number of nitrogens with one attached hydrogen (secondary N) is 1. The fraction of sp³-hybridized carbons (Fsp3) is 0.308. The molecule has 0 saturated carbocycles. The third kappa shape index (κ3) is 5.84. The van der Waals surface area contributed by atoms with E-state index in [4.69, 9.17) is 10.1 Å². The molecule has 1 N–H and O–H groups in total. The molecule has 15 heteroatoms. The topological polar surface area (TPSA) is 136 Å². The molecule has 13 nitrogen and oxygen atoms in total. The number of benzene rings is 2. The molecule has 4 amide bonds. The van der Waals surface area contributed by atoms with Gasteiger partial charge in [0, 0.05) is 51.3 Å². The Labute approximate surface area is 308 Å². The van der Waals surface area contributed by atoms with Gasteiger partial charge in [0.25, 0.3) is 11.8 Å². The average Bonchev–Trinajstić information content (AvgIpc) is 3.90. The standard InChI is InChI=1S/C39H35F2N9O4/c40-25-5-1-4-23(20-25)28-7-3-15-48(28)33-13-12-31-42-21-30(50(31)45-33)27-6-2-8-32(43-27)47-18-16-46(17-19-47)22-24-9-10-26-35(36(24)41)39(54)49(38(26)53)29-11-14-34(51)44-37(29)52/h1-2,4-6,8-10,12-13,20-21,28-29H,3,7,11,14-19,22H2,(H,44,51,52)/t28-,29?/m1/s1. The maximum absolute atomic E-state index is 15.9. The molecule has 2 atom stereocenters. The number of fused-ring (bicyclic) bond motifs is 2. The van der Waals surface area contributed by atoms with Gasteiger partial charge >= 0.3 is 0 Å². The lowest BCUT2D eigenvalue weighted by Crippen LogP contribution is -2.54. The summed E-state index contributed by atoms with van der Waals surface area (Å²) >= 11 is 0. The number of piperazine rings is 1. The predicted octanol–water partition coefficient (Wildman–Crippen LogP) is 4.13. The molecule has 1 unspecified atom stereocenters. The van der Waals surface area contributed by atoms with Crippen molar-refractivity contribution in [3.05, 3.63) is 107 Å². The summed E-state index contributed by atoms with van der Waals surface area (Å²) in [5.41, 5.74) is 2.93. The van der Waals surface area contributed by atoms with E-state index in [1.807, 2.05) is 36.4 Å². The Kier molecular flexibility index (Phi) is 8.37. The number of anilines is 2. The normalized spacial score (nSPS) is 20.7. The number of halogens is 2. The van der Waals surface area contributed by atoms with Crippen LogP contribution in [-0.4, -0.2) is 91.8 Å². The van der Waals surface area contributed by atoms with Crippen LogP contribution in [0.15, 0.2) is 72.9 Å². The van der Waals surface area contributed by atoms with Crippen LogP contribution in [0.3, 0.4) is 0 Å². The van der Waals surface area contributed by atoms with Gasteiger partial charge in [0.05, 0.1) is 29.1 Å². The van der Waals surface area contributed by atoms with E-state index in [0.29, 0.717) is 37.5 Å². The number of imide groups is 2. The number of piperidine rings is 1. The fourth-order valence-electron chi connectivity index (χ4n) is 8.09. The Morgan fingerprint density at radius 1 is 0.815 bits per heavy atom. The van der Waals surface area contributed by atoms with E-state index < -0.39 is 35.5 Å². The second-order valence-electron chi connectivity index (χ2n) is 14.1. The Balaban J connectivity index is 0.885. The molecule has 0 radical (unpaired) electrons. The van der Waals surface area contributed by atoms with Gasteiger partial charge in [0.15, 0.2) is 5.65 Å². The van der Waals surface area contributed by atoms with Gasteiger partial charge in [-0.2, -0.15) is 0 Å². The van der Waals surface area contributed by atoms with Crippen molar-refractivity contribution in [3.63, 3.8) is 0 Å². The van der Waals surface area contributed by atoms with Gasteiger partial charge in [-0.25, -0.2) is 23.3 Å². The van der Waals surface area contributed by atoms with Gasteiger partial charge in [-0.3, -0.25) is 34.3 Å². The minimum absolute atomic E-state index is 0.00193. The van der Waals surface area contributed by atoms with Crippen molar-refractivity contribution >= 4 is 40.9 Å². The number of nitrogens with zero attached hydrogens (tertiary/aromatic N) is 8. The highest BCUT2D eigenvalue weighted by molar-refractivity contribution is 6.23. The highest BCUT2D eigenvalue weighted by Gasteiger charge is 2.46. The molecule has 7 heterocycles. The Bertz CT molecular complexity index is 2360. The number of carbonyl (C=O) groups excluding carboxylic acids is 4. The van der Waals surface area contributed by atoms with Crippen LogP contribution in [0.5, 0.6) is 0 Å². The molecule has 3 fully saturated rings. The van der Waals surface area contributed by atoms with Crippen molar-refractivity contribution in [1.29, 1.82) is 0 Å². The van der Waals surface area contributed by atoms with Crippen LogP contribution < -0.4 is 15.1 Å². The largest absolute Gasteiger partial charge is 0.354 e. The van der Waals surface area contributed by atoms with E-state index >= 15 is 4.39 Å². The summed E-state index contributed by atoms with van der Waals surface area (Å²) in [6.45, 7) is 3.48. The zero-order chi connectivity index (χ0) is 37.1. The highest BCUT2D eigenvalue weighted by Crippen LogP contribution is 2.36. The van der Waals surface area contributed by atoms with Gasteiger partial charge in [-0.15, -0.1) is 5.10 Å². The molecule has 0 bridgehead atoms. The maximum atomic E-state index is 15.9. The zero-order valence-electron chi connectivity index (χ0n) is 29.1. The zero-order valence-corrected chi connectivity index (χ0v) is 29.1. The monoisotopic (exact) mass is 731 g/mol. The van der Waals surface area contributed by atoms with Gasteiger partial charge in [0.2, 0.25) is 11.8 Å². The van der Waals surface area contributed by atoms with Crippen LogP contribution in [-0.2, 0) is 16.1 Å². The summed E-state index contributed by atoms with van der Waals surface area (Å²) in [4.78, 5) is 67.2. The van der Waals surface area contributed by atoms with Gasteiger partial charge in [-0.05, 0) is 67.3 Å². The van der Waals surface area contributed by atoms with Crippen molar-refractivity contribution in [2.45, 2.75) is 44.3 Å². The van der Waals surface area contributed by atoms with Crippen LogP contribution in [0.2, 0.25) is 0 Å². The Morgan fingerprint density at radius 2 is 1.65 bits per heavy atom. The van der Waals surface area contributed by atoms with Crippen molar-refractivity contribution in [2.24, 2.45) is 0 Å². The molecule has 274 valence electrons. The first-order chi connectivity index (χ1) is 26.2. The minimum atomic E-state index is -1.16. The van der Waals surface area contributed by atoms with Crippen molar-refractivity contribution in [3.8, 4) is 11.4 Å². The number of amides is 4. The number of hydrogen-bond acceptors (Lipinski definition) is 10. The van der Waals surface area contributed by atoms with Crippen LogP contribution in [0.25, 0.3) is 17.0 Å². The molecule has 54 heavy (non-hydrogen) atoms. The number of hydrogen-bond donors (Lipinski definition) is 1. The fourth-order valence-corrected chi connectivity index (χ4v) is 8.09. The number of aromatic nitrogens is 4. The number of imidazole rings is 1. The van der Waals surface area contributed by atoms with E-state index in [9.17, 15) is 23.6 Å². The van der Waals surface area contributed by atoms with E-state index in [-0.39, 0.29) is 47.9 Å². The first kappa shape index (κ1) is 33.7. The van der Waals surface area contributed by atoms with E-state index in [2.05, 4.69) is 25.0 Å². The molecule has 3 saturated heterocycles. The minimum Gasteiger partial charge on any atom is -0.354 e. The average molecular weight is 732 g/mol. The smallest absolute Gasteiger partial charge is 0.265 e. The molecule has 0 aliphatic carbocycles. The van der Waals surface area contributed by atoms with E-state index in [1.165, 1.54) is 18.2 Å². The Morgan fingerprint density at radius 3 is 2.46 bits per heavy atom. The summed E-state index contributed by atoms with van der Waals surface area (Å²) in [5.74, 6) is -2.26. The molecule has 4 aliphatic rings. The summed E-state index contributed by atoms with van der Waals surface area (Å²) in [6.07, 6.45) is 3.63. The lowest BCUT2D eigenvalue weighted by molar-refractivity contribution is -0.136. The number of carbonyl (C=O) groups is 4. The molecule has 0 spiro atoms. The second kappa shape index (κ2) is 13.4. The molecule has 3 aromatic heterocycles. The third-order valence-electron chi connectivity index (χ3n) is 10.8. The number of pyridine rings is 1. The molecule has 4 aliphatic heterocycles. The molecule has 5 aromatic rings. The van der Waals surface area contributed by atoms with Crippen LogP contribution in [0, 0.1) is 11.6 Å². The maximum Gasteiger partial charge on any atom is 0.265 e. The first-order valence-electron chi connectivity index (χ1n) is 18.1. The molecule has 2 aromatic carbocycles. The van der Waals surface area contributed by atoms with Gasteiger partial charge in [-0.1, -0.05) is 24.3 Å². The van der Waals surface area contributed by atoms with E-state index in [0.717, 1.165) is 47.2 Å². The molecular weight excluding hydrogens is 696 g/mol. The van der Waals surface area contributed by atoms with Crippen LogP contribution >= 0.6 is 0 Å². The second-order valence-corrected chi connectivity index (χ2v) is 14.1. The summed E-state index contributed by atoms with van der Waals surface area (Å²) in [5, 5.41) is 7.13. The lowest BCUT2D eigenvalue weighted by atomic mass is 10.0.